The van der Waals surface area contributed by atoms with E-state index in [1.165, 1.54) is 0 Å². The summed E-state index contributed by atoms with van der Waals surface area (Å²) in [7, 11) is 0. The molecule has 3 aromatic carbocycles. The van der Waals surface area contributed by atoms with Crippen LogP contribution in [0.4, 0.5) is 0 Å². The van der Waals surface area contributed by atoms with Crippen LogP contribution >= 0.6 is 0 Å². The molecular weight excluding hydrogens is 1740 g/mol. The van der Waals surface area contributed by atoms with Crippen molar-refractivity contribution in [3.8, 4) is 52.8 Å². The molecule has 5 aliphatic rings. The maximum atomic E-state index is 12.7. The summed E-state index contributed by atoms with van der Waals surface area (Å²) >= 11 is 0. The van der Waals surface area contributed by atoms with Crippen LogP contribution in [0.5, 0.6) is 17.2 Å². The van der Waals surface area contributed by atoms with E-state index in [0.717, 1.165) is 134 Å². The molecule has 35 heteroatoms. The molecule has 3 fully saturated rings. The number of hydrogen-bond donors (Lipinski definition) is 0. The fourth-order valence-corrected chi connectivity index (χ4v) is 14.6. The number of carbonyl (C=O) groups is 12. The molecular formula is C95H96N4O30Zn. The first-order chi connectivity index (χ1) is 61.7. The Morgan fingerprint density at radius 1 is 0.300 bits per heavy atom. The Morgan fingerprint density at radius 3 is 0.846 bits per heavy atom. The third-order valence-corrected chi connectivity index (χ3v) is 19.9. The van der Waals surface area contributed by atoms with Crippen LogP contribution in [0.2, 0.25) is 0 Å². The first kappa shape index (κ1) is 98.7. The van der Waals surface area contributed by atoms with Crippen molar-refractivity contribution in [2.45, 2.75) is 233 Å². The van der Waals surface area contributed by atoms with Gasteiger partial charge in [-0.2, -0.15) is 0 Å². The number of benzene rings is 3. The SMILES string of the molecule is CCCCCCCCCc1c2nc(c(C#Cc3ccc(O[C@H]4OC(COC(C)=O)[C@@H](OC(C)=O)[C@H](OC(C)=O)C4OC(C)=O)cc3)c3ccc([n-]3)c(C#Cc3ccc(O[C@H]4OC(COC(C)=O)[C@@H](OC(C)=O)[C@H](OC(C)=O)C4OC(C)=O)cc3)c3nc(c(C#Cc4ccc(O[C@H]5OC(COC(C)=O)[C@@H](OC(C)=O)[C@H](OC(C)=O)C5OC(C)=O)cc4)c4ccc1[n-]4)C=C3)C=C2.[Zn+2]. The second kappa shape index (κ2) is 46.5. The summed E-state index contributed by atoms with van der Waals surface area (Å²) in [6, 6.07) is 26.5. The molecule has 34 nitrogen and oxygen atoms in total. The summed E-state index contributed by atoms with van der Waals surface area (Å²) in [5.41, 5.74) is 6.85. The van der Waals surface area contributed by atoms with Gasteiger partial charge in [-0.1, -0.05) is 105 Å². The molecule has 8 bridgehead atoms. The van der Waals surface area contributed by atoms with Gasteiger partial charge < -0.3 is 95.2 Å². The van der Waals surface area contributed by atoms with Crippen molar-refractivity contribution in [3.63, 3.8) is 0 Å². The third-order valence-electron chi connectivity index (χ3n) is 19.9. The Labute approximate surface area is 761 Å². The molecule has 3 aromatic heterocycles. The number of aryl methyl sites for hydroxylation is 1. The Hall–Kier alpha value is -13.5. The van der Waals surface area contributed by atoms with Crippen LogP contribution in [0.3, 0.4) is 0 Å². The number of ether oxygens (including phenoxy) is 18. The van der Waals surface area contributed by atoms with Gasteiger partial charge in [-0.25, -0.2) is 9.97 Å². The van der Waals surface area contributed by atoms with Crippen LogP contribution in [-0.4, -0.2) is 194 Å². The van der Waals surface area contributed by atoms with Gasteiger partial charge in [-0.05, 0) is 116 Å². The Morgan fingerprint density at radius 2 is 0.554 bits per heavy atom. The quantitative estimate of drug-likeness (QED) is 0.0138. The van der Waals surface area contributed by atoms with E-state index in [9.17, 15) is 57.5 Å². The molecule has 678 valence electrons. The summed E-state index contributed by atoms with van der Waals surface area (Å²) in [6.45, 7) is 14.2. The molecule has 5 aliphatic heterocycles. The van der Waals surface area contributed by atoms with E-state index in [-0.39, 0.29) is 36.7 Å². The van der Waals surface area contributed by atoms with E-state index in [2.05, 4.69) is 42.4 Å². The number of unbranched alkanes of at least 4 members (excludes halogenated alkanes) is 6. The van der Waals surface area contributed by atoms with Crippen LogP contribution < -0.4 is 24.2 Å². The molecule has 8 heterocycles. The minimum absolute atomic E-state index is 0. The molecule has 6 aromatic rings. The predicted molar refractivity (Wildman–Crippen MR) is 454 cm³/mol. The average molecular weight is 1840 g/mol. The van der Waals surface area contributed by atoms with E-state index in [1.54, 1.807) is 97.1 Å². The number of fused-ring (bicyclic) bond motifs is 8. The van der Waals surface area contributed by atoms with Crippen LogP contribution in [0.1, 0.15) is 197 Å². The molecule has 0 saturated carbocycles. The van der Waals surface area contributed by atoms with Crippen molar-refractivity contribution >= 4 is 118 Å². The van der Waals surface area contributed by atoms with E-state index >= 15 is 0 Å². The zero-order valence-electron chi connectivity index (χ0n) is 73.7. The number of nitrogens with zero attached hydrogens (tertiary/aromatic N) is 4. The van der Waals surface area contributed by atoms with Crippen molar-refractivity contribution in [3.05, 3.63) is 159 Å². The monoisotopic (exact) mass is 1840 g/mol. The molecule has 130 heavy (non-hydrogen) atoms. The van der Waals surface area contributed by atoms with Crippen molar-refractivity contribution in [2.24, 2.45) is 0 Å². The molecule has 11 rings (SSSR count). The van der Waals surface area contributed by atoms with Crippen LogP contribution in [0.15, 0.2) is 97.1 Å². The normalized spacial score (nSPS) is 21.5. The van der Waals surface area contributed by atoms with Crippen LogP contribution in [0, 0.1) is 35.5 Å². The number of rotatable bonds is 29. The van der Waals surface area contributed by atoms with Crippen molar-refractivity contribution < 1.29 is 162 Å². The summed E-state index contributed by atoms with van der Waals surface area (Å²) in [5, 5.41) is 0. The number of aromatic nitrogens is 4. The van der Waals surface area contributed by atoms with Crippen molar-refractivity contribution in [1.29, 1.82) is 0 Å². The fraction of sp³-hybridized carbons (Fsp3) is 0.411. The minimum atomic E-state index is -1.55. The smallest absolute Gasteiger partial charge is 0.656 e. The second-order valence-corrected chi connectivity index (χ2v) is 30.2. The number of hydrogen-bond acceptors (Lipinski definition) is 32. The summed E-state index contributed by atoms with van der Waals surface area (Å²) in [6.07, 6.45) is -6.73. The Bertz CT molecular complexity index is 5490. The summed E-state index contributed by atoms with van der Waals surface area (Å²) in [4.78, 5) is 171. The molecule has 6 unspecified atom stereocenters. The first-order valence-electron chi connectivity index (χ1n) is 41.6. The number of carbonyl (C=O) groups excluding carboxylic acids is 12. The van der Waals surface area contributed by atoms with Gasteiger partial charge in [0.1, 0.15) is 55.4 Å². The average Bonchev–Trinajstić information content (AvgIpc) is 1.62. The molecule has 0 radical (unpaired) electrons. The van der Waals surface area contributed by atoms with Gasteiger partial charge in [0.15, 0.2) is 36.6 Å². The zero-order chi connectivity index (χ0) is 92.7. The van der Waals surface area contributed by atoms with Crippen LogP contribution in [0.25, 0.3) is 46.4 Å². The molecule has 0 N–H and O–H groups in total. The third kappa shape index (κ3) is 27.5. The van der Waals surface area contributed by atoms with Gasteiger partial charge in [-0.3, -0.25) is 57.5 Å². The molecule has 3 saturated heterocycles. The van der Waals surface area contributed by atoms with Gasteiger partial charge in [-0.15, -0.1) is 22.1 Å². The maximum Gasteiger partial charge on any atom is 2.00 e. The predicted octanol–water partition coefficient (Wildman–Crippen LogP) is 9.79. The standard InChI is InChI=1S/C95H96N4O30.Zn/c1-14-15-16-17-18-19-20-21-69-73-40-42-75(96-73)70(37-28-63-22-31-66(32-23-63)124-93-90(121-60(11)109)87(118-57(8)106)84(115-54(5)103)81(127-93)48-112-51(2)100)77-44-46-79(98-77)72(39-30-65-26-35-68(36-27-65)126-95-92(123-62(13)111)89(120-59(10)108)86(117-56(7)105)83(129-95)50-114-53(4)102)80-47-45-78(99-80)71(76-43-41-74(69)97-76)38-29-64-24-33-67(34-25-64)125-94-91(122-61(12)110)88(119-58(9)107)85(116-55(6)104)82(128-94)49-113-52(3)101;/h22-27,31-36,40-47,81-95H,14-21,48-50H2,1-13H3;/q-2;+2/t81?,82?,83?,84-,85-,86-,87+,88+,89+,90?,91?,92?,93+,94+,95+;/m1./s1. The minimum Gasteiger partial charge on any atom is -0.656 e. The summed E-state index contributed by atoms with van der Waals surface area (Å²) < 4.78 is 104. The van der Waals surface area contributed by atoms with Gasteiger partial charge >= 0.3 is 91.1 Å². The fourth-order valence-electron chi connectivity index (χ4n) is 14.6. The van der Waals surface area contributed by atoms with Gasteiger partial charge in [0, 0.05) is 116 Å². The van der Waals surface area contributed by atoms with Gasteiger partial charge in [0.2, 0.25) is 37.2 Å². The molecule has 0 amide bonds. The van der Waals surface area contributed by atoms with Gasteiger partial charge in [0.05, 0.1) is 22.8 Å². The molecule has 15 atom stereocenters. The van der Waals surface area contributed by atoms with E-state index in [1.807, 2.05) is 24.3 Å². The largest absolute Gasteiger partial charge is 2.00 e. The maximum absolute atomic E-state index is 12.7. The topological polar surface area (TPSA) is 425 Å². The van der Waals surface area contributed by atoms with E-state index in [4.69, 9.17) is 105 Å². The number of esters is 12. The summed E-state index contributed by atoms with van der Waals surface area (Å²) in [5.74, 6) is 10.9. The zero-order valence-corrected chi connectivity index (χ0v) is 76.7. The van der Waals surface area contributed by atoms with E-state index in [0.29, 0.717) is 84.6 Å². The first-order valence-corrected chi connectivity index (χ1v) is 41.6. The second-order valence-electron chi connectivity index (χ2n) is 30.2. The molecule has 0 spiro atoms. The van der Waals surface area contributed by atoms with Crippen molar-refractivity contribution in [1.82, 2.24) is 19.9 Å². The van der Waals surface area contributed by atoms with E-state index < -0.39 is 184 Å². The Kier molecular flexibility index (Phi) is 35.3. The van der Waals surface area contributed by atoms with Crippen LogP contribution in [-0.2, 0) is 154 Å². The Balaban J connectivity index is 0.0000176. The van der Waals surface area contributed by atoms with Gasteiger partial charge in [0.25, 0.3) is 0 Å². The molecule has 0 aliphatic carbocycles. The van der Waals surface area contributed by atoms with Crippen molar-refractivity contribution in [2.75, 3.05) is 19.8 Å².